The van der Waals surface area contributed by atoms with Crippen molar-refractivity contribution in [3.8, 4) is 0 Å². The average molecular weight is 308 g/mol. The van der Waals surface area contributed by atoms with Crippen LogP contribution in [0.5, 0.6) is 0 Å². The molecule has 0 saturated carbocycles. The minimum Gasteiger partial charge on any atom is -0.478 e. The summed E-state index contributed by atoms with van der Waals surface area (Å²) in [4.78, 5) is 45.8. The maximum atomic E-state index is 12.0. The van der Waals surface area contributed by atoms with Gasteiger partial charge in [0.25, 0.3) is 5.69 Å². The summed E-state index contributed by atoms with van der Waals surface area (Å²) in [6, 6.07) is 3.17. The number of benzene rings is 1. The van der Waals surface area contributed by atoms with E-state index in [4.69, 9.17) is 5.11 Å². The number of carboxylic acids is 1. The molecule has 22 heavy (non-hydrogen) atoms. The molecule has 0 aromatic heterocycles. The molecule has 2 rings (SSSR count). The van der Waals surface area contributed by atoms with Crippen LogP contribution < -0.4 is 4.90 Å². The van der Waals surface area contributed by atoms with Crippen LogP contribution in [0, 0.1) is 16.0 Å². The van der Waals surface area contributed by atoms with E-state index in [1.54, 1.807) is 0 Å². The molecule has 0 spiro atoms. The third-order valence-corrected chi connectivity index (χ3v) is 3.33. The van der Waals surface area contributed by atoms with Crippen molar-refractivity contribution in [2.45, 2.75) is 6.42 Å². The van der Waals surface area contributed by atoms with Gasteiger partial charge in [-0.15, -0.1) is 0 Å². The number of non-ortho nitro benzene ring substituents is 1. The topological polar surface area (TPSA) is 127 Å². The van der Waals surface area contributed by atoms with Crippen LogP contribution in [0.1, 0.15) is 16.8 Å². The normalized spacial score (nSPS) is 17.4. The van der Waals surface area contributed by atoms with Crippen LogP contribution in [0.4, 0.5) is 11.4 Å². The fourth-order valence-corrected chi connectivity index (χ4v) is 2.26. The van der Waals surface area contributed by atoms with Gasteiger partial charge in [-0.3, -0.25) is 19.7 Å². The molecule has 1 atom stereocenters. The molecule has 1 amide bonds. The number of methoxy groups -OCH3 is 1. The fourth-order valence-electron chi connectivity index (χ4n) is 2.26. The lowest BCUT2D eigenvalue weighted by atomic mass is 10.1. The SMILES string of the molecule is COC(=O)C1CC(=O)N(c2cc(C(=O)O)cc([N+](=O)[O-])c2)C1. The average Bonchev–Trinajstić information content (AvgIpc) is 2.87. The van der Waals surface area contributed by atoms with E-state index in [1.807, 2.05) is 0 Å². The second kappa shape index (κ2) is 5.80. The third-order valence-electron chi connectivity index (χ3n) is 3.33. The summed E-state index contributed by atoms with van der Waals surface area (Å²) in [6.45, 7) is -0.00820. The van der Waals surface area contributed by atoms with Crippen molar-refractivity contribution < 1.29 is 29.2 Å². The Kier molecular flexibility index (Phi) is 4.06. The van der Waals surface area contributed by atoms with Crippen LogP contribution in [0.3, 0.4) is 0 Å². The first-order chi connectivity index (χ1) is 10.3. The number of esters is 1. The Morgan fingerprint density at radius 1 is 1.41 bits per heavy atom. The Morgan fingerprint density at radius 2 is 2.09 bits per heavy atom. The minimum atomic E-state index is -1.35. The Balaban J connectivity index is 2.39. The van der Waals surface area contributed by atoms with Gasteiger partial charge in [0.1, 0.15) is 0 Å². The van der Waals surface area contributed by atoms with Crippen molar-refractivity contribution in [1.82, 2.24) is 0 Å². The Bertz CT molecular complexity index is 638. The van der Waals surface area contributed by atoms with Crippen LogP contribution in [0.25, 0.3) is 0 Å². The third kappa shape index (κ3) is 2.87. The number of nitro groups is 1. The van der Waals surface area contributed by atoms with Crippen molar-refractivity contribution >= 4 is 29.2 Å². The maximum absolute atomic E-state index is 12.0. The number of hydrogen-bond acceptors (Lipinski definition) is 6. The second-order valence-corrected chi connectivity index (χ2v) is 4.73. The van der Waals surface area contributed by atoms with Crippen molar-refractivity contribution in [2.24, 2.45) is 5.92 Å². The predicted molar refractivity (Wildman–Crippen MR) is 72.5 cm³/mol. The number of carbonyl (C=O) groups is 3. The first-order valence-corrected chi connectivity index (χ1v) is 6.24. The Hall–Kier alpha value is -2.97. The summed E-state index contributed by atoms with van der Waals surface area (Å²) in [5.74, 6) is -3.00. The van der Waals surface area contributed by atoms with E-state index in [9.17, 15) is 24.5 Å². The van der Waals surface area contributed by atoms with Crippen molar-refractivity contribution in [3.05, 3.63) is 33.9 Å². The fraction of sp³-hybridized carbons (Fsp3) is 0.308. The van der Waals surface area contributed by atoms with Gasteiger partial charge in [-0.05, 0) is 6.07 Å². The number of nitro benzene ring substituents is 1. The molecule has 1 aromatic rings. The highest BCUT2D eigenvalue weighted by Gasteiger charge is 2.36. The minimum absolute atomic E-state index is 0.00820. The Labute approximate surface area is 124 Å². The molecule has 1 N–H and O–H groups in total. The number of carbonyl (C=O) groups excluding carboxylic acids is 2. The highest BCUT2D eigenvalue weighted by molar-refractivity contribution is 6.01. The summed E-state index contributed by atoms with van der Waals surface area (Å²) in [7, 11) is 1.20. The number of rotatable bonds is 4. The molecule has 9 heteroatoms. The van der Waals surface area contributed by atoms with Crippen LogP contribution in [-0.4, -0.2) is 41.5 Å². The summed E-state index contributed by atoms with van der Waals surface area (Å²) in [5, 5.41) is 19.9. The van der Waals surface area contributed by atoms with E-state index in [0.717, 1.165) is 23.1 Å². The highest BCUT2D eigenvalue weighted by Crippen LogP contribution is 2.30. The molecule has 116 valence electrons. The quantitative estimate of drug-likeness (QED) is 0.495. The summed E-state index contributed by atoms with van der Waals surface area (Å²) >= 11 is 0. The lowest BCUT2D eigenvalue weighted by Crippen LogP contribution is -2.26. The smallest absolute Gasteiger partial charge is 0.336 e. The maximum Gasteiger partial charge on any atom is 0.336 e. The molecule has 9 nitrogen and oxygen atoms in total. The van der Waals surface area contributed by atoms with Crippen molar-refractivity contribution in [1.29, 1.82) is 0 Å². The van der Waals surface area contributed by atoms with Gasteiger partial charge < -0.3 is 14.7 Å². The van der Waals surface area contributed by atoms with Gasteiger partial charge in [0.15, 0.2) is 0 Å². The number of amides is 1. The van der Waals surface area contributed by atoms with Crippen LogP contribution in [0.2, 0.25) is 0 Å². The van der Waals surface area contributed by atoms with E-state index in [1.165, 1.54) is 7.11 Å². The zero-order valence-electron chi connectivity index (χ0n) is 11.5. The molecular formula is C13H12N2O7. The van der Waals surface area contributed by atoms with Crippen LogP contribution in [0.15, 0.2) is 18.2 Å². The highest BCUT2D eigenvalue weighted by atomic mass is 16.6. The van der Waals surface area contributed by atoms with Gasteiger partial charge in [-0.2, -0.15) is 0 Å². The number of carboxylic acid groups (broad SMARTS) is 1. The molecule has 1 saturated heterocycles. The van der Waals surface area contributed by atoms with E-state index in [2.05, 4.69) is 4.74 Å². The van der Waals surface area contributed by atoms with E-state index in [0.29, 0.717) is 0 Å². The summed E-state index contributed by atoms with van der Waals surface area (Å²) < 4.78 is 4.57. The van der Waals surface area contributed by atoms with Gasteiger partial charge in [0, 0.05) is 25.1 Å². The molecule has 1 heterocycles. The van der Waals surface area contributed by atoms with Crippen LogP contribution in [-0.2, 0) is 14.3 Å². The number of anilines is 1. The number of aromatic carboxylic acids is 1. The molecule has 0 aliphatic carbocycles. The lowest BCUT2D eigenvalue weighted by Gasteiger charge is -2.16. The monoisotopic (exact) mass is 308 g/mol. The number of hydrogen-bond donors (Lipinski definition) is 1. The van der Waals surface area contributed by atoms with Crippen molar-refractivity contribution in [2.75, 3.05) is 18.6 Å². The number of nitrogens with zero attached hydrogens (tertiary/aromatic N) is 2. The molecule has 1 aliphatic heterocycles. The zero-order valence-corrected chi connectivity index (χ0v) is 11.5. The summed E-state index contributed by atoms with van der Waals surface area (Å²) in [6.07, 6.45) is -0.0855. The van der Waals surface area contributed by atoms with Gasteiger partial charge in [-0.1, -0.05) is 0 Å². The standard InChI is InChI=1S/C13H12N2O7/c1-22-13(19)8-4-11(16)14(6-8)9-2-7(12(17)18)3-10(5-9)15(20)21/h2-3,5,8H,4,6H2,1H3,(H,17,18). The zero-order chi connectivity index (χ0) is 16.4. The van der Waals surface area contributed by atoms with Crippen molar-refractivity contribution in [3.63, 3.8) is 0 Å². The number of ether oxygens (including phenoxy) is 1. The molecular weight excluding hydrogens is 296 g/mol. The van der Waals surface area contributed by atoms with Crippen LogP contribution >= 0.6 is 0 Å². The molecule has 1 fully saturated rings. The van der Waals surface area contributed by atoms with Gasteiger partial charge in [0.05, 0.1) is 29.2 Å². The second-order valence-electron chi connectivity index (χ2n) is 4.73. The van der Waals surface area contributed by atoms with Gasteiger partial charge in [-0.25, -0.2) is 4.79 Å². The first-order valence-electron chi connectivity index (χ1n) is 6.24. The van der Waals surface area contributed by atoms with E-state index >= 15 is 0 Å². The lowest BCUT2D eigenvalue weighted by molar-refractivity contribution is -0.384. The molecule has 0 bridgehead atoms. The summed E-state index contributed by atoms with van der Waals surface area (Å²) in [5.41, 5.74) is -0.675. The predicted octanol–water partition coefficient (Wildman–Crippen LogP) is 0.819. The Morgan fingerprint density at radius 3 is 2.64 bits per heavy atom. The molecule has 0 radical (unpaired) electrons. The largest absolute Gasteiger partial charge is 0.478 e. The molecule has 1 aliphatic rings. The van der Waals surface area contributed by atoms with Gasteiger partial charge >= 0.3 is 11.9 Å². The molecule has 1 aromatic carbocycles. The van der Waals surface area contributed by atoms with E-state index < -0.39 is 34.4 Å². The van der Waals surface area contributed by atoms with Gasteiger partial charge in [0.2, 0.25) is 5.91 Å². The van der Waals surface area contributed by atoms with E-state index in [-0.39, 0.29) is 24.2 Å². The first kappa shape index (κ1) is 15.4. The molecule has 1 unspecified atom stereocenters.